The molecule has 0 bridgehead atoms. The van der Waals surface area contributed by atoms with Crippen LogP contribution in [0.4, 0.5) is 0 Å². The van der Waals surface area contributed by atoms with Gasteiger partial charge in [0.15, 0.2) is 0 Å². The lowest BCUT2D eigenvalue weighted by Gasteiger charge is -2.37. The van der Waals surface area contributed by atoms with Crippen LogP contribution in [0.2, 0.25) is 0 Å². The second-order valence-electron chi connectivity index (χ2n) is 6.01. The highest BCUT2D eigenvalue weighted by Gasteiger charge is 2.33. The molecule has 20 heavy (non-hydrogen) atoms. The normalized spacial score (nSPS) is 14.9. The second kappa shape index (κ2) is 7.65. The first kappa shape index (κ1) is 17.0. The van der Waals surface area contributed by atoms with Crippen LogP contribution in [0.1, 0.15) is 46.2 Å². The van der Waals surface area contributed by atoms with Gasteiger partial charge in [0.05, 0.1) is 18.8 Å². The summed E-state index contributed by atoms with van der Waals surface area (Å²) in [6.07, 6.45) is 0.121. The highest BCUT2D eigenvalue weighted by molar-refractivity contribution is 5.30. The van der Waals surface area contributed by atoms with Gasteiger partial charge < -0.3 is 14.8 Å². The Bertz CT molecular complexity index is 381. The van der Waals surface area contributed by atoms with Gasteiger partial charge in [0.25, 0.3) is 0 Å². The summed E-state index contributed by atoms with van der Waals surface area (Å²) >= 11 is 0. The molecule has 1 rings (SSSR count). The van der Waals surface area contributed by atoms with Gasteiger partial charge in [-0.25, -0.2) is 0 Å². The zero-order valence-corrected chi connectivity index (χ0v) is 13.7. The second-order valence-corrected chi connectivity index (χ2v) is 6.01. The van der Waals surface area contributed by atoms with Gasteiger partial charge in [0.1, 0.15) is 5.75 Å². The number of hydrogen-bond acceptors (Lipinski definition) is 3. The van der Waals surface area contributed by atoms with Gasteiger partial charge in [-0.3, -0.25) is 0 Å². The average Bonchev–Trinajstić information content (AvgIpc) is 2.39. The number of ether oxygens (including phenoxy) is 2. The van der Waals surface area contributed by atoms with Crippen molar-refractivity contribution in [2.24, 2.45) is 5.41 Å². The van der Waals surface area contributed by atoms with Gasteiger partial charge in [-0.2, -0.15) is 0 Å². The monoisotopic (exact) mass is 279 g/mol. The van der Waals surface area contributed by atoms with E-state index in [1.54, 1.807) is 0 Å². The zero-order valence-electron chi connectivity index (χ0n) is 13.7. The molecule has 2 unspecified atom stereocenters. The minimum absolute atomic E-state index is 0.0717. The Kier molecular flexibility index (Phi) is 6.50. The molecule has 1 N–H and O–H groups in total. The maximum Gasteiger partial charge on any atom is 0.119 e. The molecule has 0 aliphatic carbocycles. The number of rotatable bonds is 7. The third kappa shape index (κ3) is 4.50. The van der Waals surface area contributed by atoms with Crippen molar-refractivity contribution in [3.8, 4) is 5.75 Å². The van der Waals surface area contributed by atoms with Crippen LogP contribution >= 0.6 is 0 Å². The third-order valence-electron chi connectivity index (χ3n) is 3.36. The van der Waals surface area contributed by atoms with Crippen LogP contribution in [0.15, 0.2) is 24.3 Å². The van der Waals surface area contributed by atoms with E-state index in [1.807, 2.05) is 33.0 Å². The van der Waals surface area contributed by atoms with Crippen molar-refractivity contribution < 1.29 is 9.47 Å². The Labute approximate surface area is 123 Å². The van der Waals surface area contributed by atoms with Crippen molar-refractivity contribution in [2.45, 2.75) is 46.8 Å². The van der Waals surface area contributed by atoms with Crippen LogP contribution in [0, 0.1) is 5.41 Å². The van der Waals surface area contributed by atoms with Crippen LogP contribution in [0.3, 0.4) is 0 Å². The summed E-state index contributed by atoms with van der Waals surface area (Å²) in [6, 6.07) is 8.45. The van der Waals surface area contributed by atoms with Gasteiger partial charge in [-0.05, 0) is 44.0 Å². The Balaban J connectivity index is 2.97. The quantitative estimate of drug-likeness (QED) is 0.823. The molecule has 2 atom stereocenters. The van der Waals surface area contributed by atoms with Crippen LogP contribution in [-0.4, -0.2) is 26.4 Å². The van der Waals surface area contributed by atoms with Gasteiger partial charge >= 0.3 is 0 Å². The highest BCUT2D eigenvalue weighted by atomic mass is 16.5. The average molecular weight is 279 g/mol. The summed E-state index contributed by atoms with van der Waals surface area (Å²) in [4.78, 5) is 0. The van der Waals surface area contributed by atoms with Crippen molar-refractivity contribution in [3.63, 3.8) is 0 Å². The molecule has 0 aromatic heterocycles. The number of hydrogen-bond donors (Lipinski definition) is 1. The Hall–Kier alpha value is -1.06. The van der Waals surface area contributed by atoms with E-state index in [4.69, 9.17) is 9.47 Å². The molecule has 0 aliphatic rings. The molecule has 114 valence electrons. The summed E-state index contributed by atoms with van der Waals surface area (Å²) in [7, 11) is 1.99. The van der Waals surface area contributed by atoms with E-state index in [2.05, 4.69) is 38.2 Å². The standard InChI is InChI=1S/C17H29NO2/c1-7-19-14-11-9-13(10-12-14)15(18-6)16(20-8-2)17(3,4)5/h9-12,15-16,18H,7-8H2,1-6H3. The maximum atomic E-state index is 6.00. The smallest absolute Gasteiger partial charge is 0.119 e. The first-order valence-electron chi connectivity index (χ1n) is 7.45. The van der Waals surface area contributed by atoms with Gasteiger partial charge in [-0.1, -0.05) is 32.9 Å². The molecule has 1 aromatic carbocycles. The molecule has 0 heterocycles. The molecule has 0 saturated carbocycles. The number of nitrogens with one attached hydrogen (secondary N) is 1. The summed E-state index contributed by atoms with van der Waals surface area (Å²) in [6.45, 7) is 12.1. The molecule has 0 aliphatic heterocycles. The van der Waals surface area contributed by atoms with Crippen LogP contribution < -0.4 is 10.1 Å². The first-order valence-corrected chi connectivity index (χ1v) is 7.45. The van der Waals surface area contributed by atoms with E-state index >= 15 is 0 Å². The van der Waals surface area contributed by atoms with E-state index in [9.17, 15) is 0 Å². The fraction of sp³-hybridized carbons (Fsp3) is 0.647. The Morgan fingerprint density at radius 3 is 2.05 bits per heavy atom. The number of benzene rings is 1. The van der Waals surface area contributed by atoms with Gasteiger partial charge in [0.2, 0.25) is 0 Å². The highest BCUT2D eigenvalue weighted by Crippen LogP contribution is 2.33. The maximum absolute atomic E-state index is 6.00. The third-order valence-corrected chi connectivity index (χ3v) is 3.36. The van der Waals surface area contributed by atoms with Gasteiger partial charge in [0, 0.05) is 6.61 Å². The summed E-state index contributed by atoms with van der Waals surface area (Å²) < 4.78 is 11.5. The lowest BCUT2D eigenvalue weighted by Crippen LogP contribution is -2.41. The van der Waals surface area contributed by atoms with E-state index in [0.29, 0.717) is 6.61 Å². The lowest BCUT2D eigenvalue weighted by atomic mass is 9.82. The molecular weight excluding hydrogens is 250 g/mol. The molecule has 0 amide bonds. The van der Waals surface area contributed by atoms with E-state index < -0.39 is 0 Å². The molecule has 0 saturated heterocycles. The fourth-order valence-corrected chi connectivity index (χ4v) is 2.46. The molecule has 0 spiro atoms. The van der Waals surface area contributed by atoms with E-state index in [1.165, 1.54) is 5.56 Å². The molecule has 0 radical (unpaired) electrons. The van der Waals surface area contributed by atoms with Crippen LogP contribution in [-0.2, 0) is 4.74 Å². The van der Waals surface area contributed by atoms with Crippen molar-refractivity contribution >= 4 is 0 Å². The molecule has 0 fully saturated rings. The van der Waals surface area contributed by atoms with Crippen molar-refractivity contribution in [3.05, 3.63) is 29.8 Å². The van der Waals surface area contributed by atoms with Crippen molar-refractivity contribution in [1.82, 2.24) is 5.32 Å². The number of likely N-dealkylation sites (N-methyl/N-ethyl adjacent to an activating group) is 1. The minimum atomic E-state index is 0.0717. The Morgan fingerprint density at radius 2 is 1.65 bits per heavy atom. The zero-order chi connectivity index (χ0) is 15.2. The van der Waals surface area contributed by atoms with E-state index in [0.717, 1.165) is 12.4 Å². The van der Waals surface area contributed by atoms with Crippen LogP contribution in [0.5, 0.6) is 5.75 Å². The first-order chi connectivity index (χ1) is 9.43. The fourth-order valence-electron chi connectivity index (χ4n) is 2.46. The summed E-state index contributed by atoms with van der Waals surface area (Å²) in [5.41, 5.74) is 1.30. The summed E-state index contributed by atoms with van der Waals surface area (Å²) in [5.74, 6) is 0.912. The molecule has 3 heteroatoms. The lowest BCUT2D eigenvalue weighted by molar-refractivity contribution is -0.0350. The topological polar surface area (TPSA) is 30.5 Å². The minimum Gasteiger partial charge on any atom is -0.494 e. The predicted octanol–water partition coefficient (Wildman–Crippen LogP) is 3.80. The summed E-state index contributed by atoms with van der Waals surface area (Å²) in [5, 5.41) is 3.40. The molecule has 1 aromatic rings. The predicted molar refractivity (Wildman–Crippen MR) is 84.3 cm³/mol. The van der Waals surface area contributed by atoms with Crippen molar-refractivity contribution in [1.29, 1.82) is 0 Å². The largest absolute Gasteiger partial charge is 0.494 e. The molecular formula is C17H29NO2. The van der Waals surface area contributed by atoms with E-state index in [-0.39, 0.29) is 17.6 Å². The Morgan fingerprint density at radius 1 is 1.05 bits per heavy atom. The molecule has 3 nitrogen and oxygen atoms in total. The van der Waals surface area contributed by atoms with Crippen LogP contribution in [0.25, 0.3) is 0 Å². The SMILES string of the molecule is CCOc1ccc(C(NC)C(OCC)C(C)(C)C)cc1. The van der Waals surface area contributed by atoms with Gasteiger partial charge in [-0.15, -0.1) is 0 Å². The van der Waals surface area contributed by atoms with Crippen molar-refractivity contribution in [2.75, 3.05) is 20.3 Å².